The van der Waals surface area contributed by atoms with Gasteiger partial charge < -0.3 is 14.8 Å². The number of nitro benzene ring substituents is 1. The number of benzene rings is 1. The van der Waals surface area contributed by atoms with E-state index in [-0.39, 0.29) is 5.56 Å². The van der Waals surface area contributed by atoms with Crippen LogP contribution in [0.3, 0.4) is 0 Å². The molecule has 1 aromatic carbocycles. The molecular weight excluding hydrogens is 290 g/mol. The molecule has 1 amide bonds. The fourth-order valence-electron chi connectivity index (χ4n) is 1.73. The molecule has 9 heteroatoms. The summed E-state index contributed by atoms with van der Waals surface area (Å²) in [5.41, 5.74) is -1.67. The predicted octanol–water partition coefficient (Wildman–Crippen LogP) is 2.44. The Kier molecular flexibility index (Phi) is 3.23. The molecule has 0 saturated carbocycles. The van der Waals surface area contributed by atoms with Crippen molar-refractivity contribution < 1.29 is 28.0 Å². The van der Waals surface area contributed by atoms with Crippen LogP contribution in [-0.4, -0.2) is 22.7 Å². The molecule has 0 fully saturated rings. The number of hydrogen-bond acceptors (Lipinski definition) is 5. The lowest BCUT2D eigenvalue weighted by atomic mass is 10.1. The highest BCUT2D eigenvalue weighted by Gasteiger charge is 2.45. The zero-order valence-corrected chi connectivity index (χ0v) is 11.4. The number of nitrogens with one attached hydrogen (secondary N) is 1. The van der Waals surface area contributed by atoms with E-state index in [0.29, 0.717) is 0 Å². The van der Waals surface area contributed by atoms with Crippen molar-refractivity contribution in [2.24, 2.45) is 0 Å². The smallest absolute Gasteiger partial charge is 0.395 e. The molecule has 2 rings (SSSR count). The Morgan fingerprint density at radius 3 is 2.29 bits per heavy atom. The van der Waals surface area contributed by atoms with Crippen LogP contribution in [0.4, 0.5) is 14.5 Å². The van der Waals surface area contributed by atoms with E-state index >= 15 is 0 Å². The molecule has 0 spiro atoms. The van der Waals surface area contributed by atoms with E-state index in [4.69, 9.17) is 0 Å². The van der Waals surface area contributed by atoms with Gasteiger partial charge in [0.05, 0.1) is 11.0 Å². The van der Waals surface area contributed by atoms with Gasteiger partial charge in [0.1, 0.15) is 5.56 Å². The van der Waals surface area contributed by atoms with Gasteiger partial charge in [-0.25, -0.2) is 0 Å². The highest BCUT2D eigenvalue weighted by molar-refractivity contribution is 5.99. The highest BCUT2D eigenvalue weighted by atomic mass is 19.3. The average Bonchev–Trinajstić information content (AvgIpc) is 2.57. The third kappa shape index (κ3) is 3.18. The minimum absolute atomic E-state index is 0.380. The molecule has 1 N–H and O–H groups in total. The predicted molar refractivity (Wildman–Crippen MR) is 66.5 cm³/mol. The maximum absolute atomic E-state index is 13.0. The molecule has 1 aliphatic heterocycles. The monoisotopic (exact) mass is 302 g/mol. The average molecular weight is 302 g/mol. The van der Waals surface area contributed by atoms with E-state index in [1.165, 1.54) is 0 Å². The highest BCUT2D eigenvalue weighted by Crippen LogP contribution is 2.44. The number of hydrogen-bond donors (Lipinski definition) is 1. The number of amides is 1. The molecule has 114 valence electrons. The number of carbonyl (C=O) groups is 1. The second-order valence-corrected chi connectivity index (χ2v) is 5.44. The van der Waals surface area contributed by atoms with Crippen molar-refractivity contribution in [2.75, 3.05) is 0 Å². The van der Waals surface area contributed by atoms with E-state index in [2.05, 4.69) is 14.8 Å². The summed E-state index contributed by atoms with van der Waals surface area (Å²) in [6.07, 6.45) is -3.91. The Morgan fingerprint density at radius 2 is 1.81 bits per heavy atom. The molecule has 1 aliphatic rings. The number of alkyl halides is 2. The normalized spacial score (nSPS) is 15.7. The zero-order chi connectivity index (χ0) is 16.0. The minimum Gasteiger partial charge on any atom is -0.395 e. The van der Waals surface area contributed by atoms with E-state index in [1.54, 1.807) is 20.8 Å². The summed E-state index contributed by atoms with van der Waals surface area (Å²) >= 11 is 0. The first-order chi connectivity index (χ1) is 9.48. The first-order valence-electron chi connectivity index (χ1n) is 5.89. The number of carbonyl (C=O) groups excluding carboxylic acids is 1. The Bertz CT molecular complexity index is 625. The third-order valence-corrected chi connectivity index (χ3v) is 2.45. The first kappa shape index (κ1) is 14.9. The Balaban J connectivity index is 2.47. The van der Waals surface area contributed by atoms with Gasteiger partial charge in [-0.15, -0.1) is 8.78 Å². The SMILES string of the molecule is CC(C)(C)NC(=O)c1cc2c(cc1[N+](=O)[O-])OC(F)(F)O2. The lowest BCUT2D eigenvalue weighted by Crippen LogP contribution is -2.40. The fourth-order valence-corrected chi connectivity index (χ4v) is 1.73. The molecule has 0 atom stereocenters. The molecule has 0 radical (unpaired) electrons. The molecule has 0 bridgehead atoms. The number of nitro groups is 1. The van der Waals surface area contributed by atoms with Crippen LogP contribution in [0.15, 0.2) is 12.1 Å². The topological polar surface area (TPSA) is 90.7 Å². The Labute approximate surface area is 118 Å². The largest absolute Gasteiger partial charge is 0.586 e. The van der Waals surface area contributed by atoms with E-state index in [9.17, 15) is 23.7 Å². The lowest BCUT2D eigenvalue weighted by Gasteiger charge is -2.20. The van der Waals surface area contributed by atoms with Crippen LogP contribution in [0.25, 0.3) is 0 Å². The Morgan fingerprint density at radius 1 is 1.29 bits per heavy atom. The lowest BCUT2D eigenvalue weighted by molar-refractivity contribution is -0.385. The molecule has 7 nitrogen and oxygen atoms in total. The fraction of sp³-hybridized carbons (Fsp3) is 0.417. The second kappa shape index (κ2) is 4.54. The second-order valence-electron chi connectivity index (χ2n) is 5.44. The van der Waals surface area contributed by atoms with Crippen molar-refractivity contribution in [3.05, 3.63) is 27.8 Å². The number of rotatable bonds is 2. The summed E-state index contributed by atoms with van der Waals surface area (Å²) in [5, 5.41) is 13.5. The summed E-state index contributed by atoms with van der Waals surface area (Å²) in [7, 11) is 0. The van der Waals surface area contributed by atoms with Crippen molar-refractivity contribution in [3.63, 3.8) is 0 Å². The summed E-state index contributed by atoms with van der Waals surface area (Å²) in [4.78, 5) is 22.2. The van der Waals surface area contributed by atoms with Crippen molar-refractivity contribution in [2.45, 2.75) is 32.6 Å². The van der Waals surface area contributed by atoms with Gasteiger partial charge in [0, 0.05) is 11.6 Å². The molecule has 0 aromatic heterocycles. The van der Waals surface area contributed by atoms with Crippen LogP contribution >= 0.6 is 0 Å². The summed E-state index contributed by atoms with van der Waals surface area (Å²) in [6, 6.07) is 1.61. The molecule has 0 aliphatic carbocycles. The first-order valence-corrected chi connectivity index (χ1v) is 5.89. The summed E-state index contributed by atoms with van der Waals surface area (Å²) in [6.45, 7) is 5.04. The van der Waals surface area contributed by atoms with Crippen LogP contribution < -0.4 is 14.8 Å². The van der Waals surface area contributed by atoms with Gasteiger partial charge in [-0.1, -0.05) is 0 Å². The summed E-state index contributed by atoms with van der Waals surface area (Å²) in [5.74, 6) is -1.68. The van der Waals surface area contributed by atoms with Crippen molar-refractivity contribution in [1.29, 1.82) is 0 Å². The quantitative estimate of drug-likeness (QED) is 0.669. The van der Waals surface area contributed by atoms with E-state index in [0.717, 1.165) is 12.1 Å². The number of nitrogens with zero attached hydrogens (tertiary/aromatic N) is 1. The van der Waals surface area contributed by atoms with Crippen LogP contribution in [0.1, 0.15) is 31.1 Å². The number of halogens is 2. The number of ether oxygens (including phenoxy) is 2. The molecule has 21 heavy (non-hydrogen) atoms. The van der Waals surface area contributed by atoms with Gasteiger partial charge in [0.15, 0.2) is 11.5 Å². The van der Waals surface area contributed by atoms with Crippen molar-refractivity contribution in [1.82, 2.24) is 5.32 Å². The van der Waals surface area contributed by atoms with Crippen LogP contribution in [-0.2, 0) is 0 Å². The molecule has 0 saturated heterocycles. The Hall–Kier alpha value is -2.45. The van der Waals surface area contributed by atoms with Gasteiger partial charge in [-0.2, -0.15) is 0 Å². The van der Waals surface area contributed by atoms with Crippen molar-refractivity contribution in [3.8, 4) is 11.5 Å². The van der Waals surface area contributed by atoms with Gasteiger partial charge in [-0.05, 0) is 20.8 Å². The van der Waals surface area contributed by atoms with Crippen molar-refractivity contribution >= 4 is 11.6 Å². The molecule has 0 unspecified atom stereocenters. The molecular formula is C12H12F2N2O5. The van der Waals surface area contributed by atoms with Gasteiger partial charge in [0.2, 0.25) is 0 Å². The van der Waals surface area contributed by atoms with Gasteiger partial charge >= 0.3 is 6.29 Å². The zero-order valence-electron chi connectivity index (χ0n) is 11.4. The van der Waals surface area contributed by atoms with Gasteiger partial charge in [0.25, 0.3) is 11.6 Å². The van der Waals surface area contributed by atoms with Crippen LogP contribution in [0, 0.1) is 10.1 Å². The maximum atomic E-state index is 13.0. The number of fused-ring (bicyclic) bond motifs is 1. The van der Waals surface area contributed by atoms with Gasteiger partial charge in [-0.3, -0.25) is 14.9 Å². The minimum atomic E-state index is -3.91. The van der Waals surface area contributed by atoms with E-state index < -0.39 is 39.9 Å². The summed E-state index contributed by atoms with van der Waals surface area (Å²) < 4.78 is 34.2. The molecule has 1 aromatic rings. The third-order valence-electron chi connectivity index (χ3n) is 2.45. The maximum Gasteiger partial charge on any atom is 0.586 e. The van der Waals surface area contributed by atoms with Crippen LogP contribution in [0.2, 0.25) is 0 Å². The standard InChI is InChI=1S/C12H12F2N2O5/c1-11(2,3)15-10(17)6-4-8-9(5-7(6)16(18)19)21-12(13,14)20-8/h4-5H,1-3H3,(H,15,17). The van der Waals surface area contributed by atoms with E-state index in [1.807, 2.05) is 0 Å². The molecule has 1 heterocycles. The van der Waals surface area contributed by atoms with Crippen LogP contribution in [0.5, 0.6) is 11.5 Å².